The predicted octanol–water partition coefficient (Wildman–Crippen LogP) is 1.36. The van der Waals surface area contributed by atoms with Gasteiger partial charge in [-0.25, -0.2) is 0 Å². The van der Waals surface area contributed by atoms with Gasteiger partial charge in [-0.15, -0.1) is 0 Å². The van der Waals surface area contributed by atoms with Crippen LogP contribution >= 0.6 is 0 Å². The molecule has 0 atom stereocenters. The van der Waals surface area contributed by atoms with Crippen LogP contribution in [0.2, 0.25) is 0 Å². The number of hydrogen-bond donors (Lipinski definition) is 2. The van der Waals surface area contributed by atoms with Crippen LogP contribution in [0.5, 0.6) is 0 Å². The molecule has 1 rings (SSSR count). The Morgan fingerprint density at radius 1 is 1.10 bits per heavy atom. The van der Waals surface area contributed by atoms with E-state index in [9.17, 15) is 13.2 Å². The number of ether oxygens (including phenoxy) is 1. The van der Waals surface area contributed by atoms with Crippen LogP contribution in [0.15, 0.2) is 0 Å². The minimum Gasteiger partial charge on any atom is -0.370 e. The Morgan fingerprint density at radius 3 is 2.24 bits per heavy atom. The lowest BCUT2D eigenvalue weighted by atomic mass is 10.6. The second-order valence-electron chi connectivity index (χ2n) is 4.30. The maximum Gasteiger partial charge on any atom is 0.411 e. The van der Waals surface area contributed by atoms with Gasteiger partial charge in [-0.2, -0.15) is 28.1 Å². The fourth-order valence-electron chi connectivity index (χ4n) is 1.30. The van der Waals surface area contributed by atoms with E-state index in [2.05, 4.69) is 30.3 Å². The summed E-state index contributed by atoms with van der Waals surface area (Å²) in [5.41, 5.74) is 0. The van der Waals surface area contributed by atoms with E-state index in [4.69, 9.17) is 0 Å². The van der Waals surface area contributed by atoms with E-state index in [1.807, 2.05) is 6.92 Å². The highest BCUT2D eigenvalue weighted by Crippen LogP contribution is 2.14. The molecule has 2 N–H and O–H groups in total. The first-order valence-corrected chi connectivity index (χ1v) is 6.37. The molecule has 120 valence electrons. The van der Waals surface area contributed by atoms with Crippen molar-refractivity contribution >= 4 is 17.8 Å². The lowest BCUT2D eigenvalue weighted by Crippen LogP contribution is -2.21. The highest BCUT2D eigenvalue weighted by Gasteiger charge is 2.27. The Kier molecular flexibility index (Phi) is 6.40. The summed E-state index contributed by atoms with van der Waals surface area (Å²) in [4.78, 5) is 14.1. The van der Waals surface area contributed by atoms with Crippen LogP contribution in [-0.2, 0) is 4.74 Å². The summed E-state index contributed by atoms with van der Waals surface area (Å²) in [5.74, 6) is 1.12. The topological polar surface area (TPSA) is 75.2 Å². The van der Waals surface area contributed by atoms with Gasteiger partial charge in [0.15, 0.2) is 0 Å². The van der Waals surface area contributed by atoms with E-state index in [-0.39, 0.29) is 19.1 Å². The molecule has 0 aliphatic rings. The van der Waals surface area contributed by atoms with Crippen LogP contribution in [0.4, 0.5) is 31.0 Å². The second kappa shape index (κ2) is 7.81. The molecule has 0 aromatic carbocycles. The van der Waals surface area contributed by atoms with Gasteiger partial charge in [0.1, 0.15) is 6.61 Å². The molecule has 1 heterocycles. The van der Waals surface area contributed by atoms with Crippen molar-refractivity contribution in [3.05, 3.63) is 0 Å². The SMILES string of the molecule is CCNc1nc(NCCOCC(F)(F)F)nc(N(C)C)n1. The fraction of sp³-hybridized carbons (Fsp3) is 0.727. The third kappa shape index (κ3) is 6.93. The van der Waals surface area contributed by atoms with Crippen molar-refractivity contribution in [2.24, 2.45) is 0 Å². The number of halogens is 3. The largest absolute Gasteiger partial charge is 0.411 e. The predicted molar refractivity (Wildman–Crippen MR) is 73.7 cm³/mol. The summed E-state index contributed by atoms with van der Waals surface area (Å²) < 4.78 is 40.2. The summed E-state index contributed by atoms with van der Waals surface area (Å²) >= 11 is 0. The summed E-state index contributed by atoms with van der Waals surface area (Å²) in [5, 5.41) is 5.76. The van der Waals surface area contributed by atoms with Gasteiger partial charge in [-0.05, 0) is 6.92 Å². The standard InChI is InChI=1S/C11H19F3N6O/c1-4-15-8-17-9(19-10(18-8)20(2)3)16-5-6-21-7-11(12,13)14/h4-7H2,1-3H3,(H2,15,16,17,18,19). The summed E-state index contributed by atoms with van der Waals surface area (Å²) in [6.45, 7) is 1.34. The number of hydrogen-bond acceptors (Lipinski definition) is 7. The molecular formula is C11H19F3N6O. The van der Waals surface area contributed by atoms with Crippen molar-refractivity contribution in [2.75, 3.05) is 55.9 Å². The Bertz CT molecular complexity index is 440. The van der Waals surface area contributed by atoms with Crippen molar-refractivity contribution in [3.63, 3.8) is 0 Å². The molecule has 21 heavy (non-hydrogen) atoms. The lowest BCUT2D eigenvalue weighted by Gasteiger charge is -2.14. The first-order chi connectivity index (χ1) is 9.81. The minimum absolute atomic E-state index is 0.0982. The molecule has 0 amide bonds. The maximum absolute atomic E-state index is 11.9. The van der Waals surface area contributed by atoms with Crippen LogP contribution in [-0.4, -0.2) is 61.5 Å². The minimum atomic E-state index is -4.32. The quantitative estimate of drug-likeness (QED) is 0.702. The first kappa shape index (κ1) is 17.2. The number of nitrogens with one attached hydrogen (secondary N) is 2. The molecule has 0 saturated carbocycles. The third-order valence-electron chi connectivity index (χ3n) is 2.15. The van der Waals surface area contributed by atoms with E-state index in [1.165, 1.54) is 0 Å². The van der Waals surface area contributed by atoms with Gasteiger partial charge < -0.3 is 20.3 Å². The molecule has 0 fully saturated rings. The lowest BCUT2D eigenvalue weighted by molar-refractivity contribution is -0.172. The number of nitrogens with zero attached hydrogens (tertiary/aromatic N) is 4. The number of rotatable bonds is 8. The molecule has 0 bridgehead atoms. The van der Waals surface area contributed by atoms with Crippen LogP contribution in [0.3, 0.4) is 0 Å². The smallest absolute Gasteiger partial charge is 0.370 e. The van der Waals surface area contributed by atoms with Gasteiger partial charge >= 0.3 is 6.18 Å². The molecule has 0 saturated heterocycles. The summed E-state index contributed by atoms with van der Waals surface area (Å²) in [6, 6.07) is 0. The molecule has 0 radical (unpaired) electrons. The molecule has 1 aromatic rings. The zero-order valence-corrected chi connectivity index (χ0v) is 12.2. The zero-order valence-electron chi connectivity index (χ0n) is 12.2. The van der Waals surface area contributed by atoms with Gasteiger partial charge in [-0.3, -0.25) is 0 Å². The average molecular weight is 308 g/mol. The molecule has 0 aliphatic heterocycles. The van der Waals surface area contributed by atoms with Crippen LogP contribution in [0.25, 0.3) is 0 Å². The fourth-order valence-corrected chi connectivity index (χ4v) is 1.30. The van der Waals surface area contributed by atoms with E-state index < -0.39 is 12.8 Å². The zero-order chi connectivity index (χ0) is 15.9. The average Bonchev–Trinajstić information content (AvgIpc) is 2.37. The maximum atomic E-state index is 11.9. The molecule has 7 nitrogen and oxygen atoms in total. The molecule has 0 aliphatic carbocycles. The van der Waals surface area contributed by atoms with Crippen LogP contribution in [0.1, 0.15) is 6.92 Å². The normalized spacial score (nSPS) is 11.3. The second-order valence-corrected chi connectivity index (χ2v) is 4.30. The highest BCUT2D eigenvalue weighted by molar-refractivity contribution is 5.42. The van der Waals surface area contributed by atoms with Crippen molar-refractivity contribution in [1.82, 2.24) is 15.0 Å². The molecular weight excluding hydrogens is 289 g/mol. The Labute approximate surface area is 120 Å². The van der Waals surface area contributed by atoms with Crippen molar-refractivity contribution in [1.29, 1.82) is 0 Å². The number of alkyl halides is 3. The third-order valence-corrected chi connectivity index (χ3v) is 2.15. The Hall–Kier alpha value is -1.84. The highest BCUT2D eigenvalue weighted by atomic mass is 19.4. The summed E-state index contributed by atoms with van der Waals surface area (Å²) in [6.07, 6.45) is -4.32. The van der Waals surface area contributed by atoms with E-state index in [0.717, 1.165) is 0 Å². The first-order valence-electron chi connectivity index (χ1n) is 6.37. The monoisotopic (exact) mass is 308 g/mol. The van der Waals surface area contributed by atoms with Crippen LogP contribution < -0.4 is 15.5 Å². The molecule has 0 unspecified atom stereocenters. The molecule has 1 aromatic heterocycles. The molecule has 0 spiro atoms. The summed E-state index contributed by atoms with van der Waals surface area (Å²) in [7, 11) is 3.56. The Morgan fingerprint density at radius 2 is 1.71 bits per heavy atom. The van der Waals surface area contributed by atoms with Gasteiger partial charge in [-0.1, -0.05) is 0 Å². The van der Waals surface area contributed by atoms with E-state index in [1.54, 1.807) is 19.0 Å². The van der Waals surface area contributed by atoms with Gasteiger partial charge in [0.05, 0.1) is 6.61 Å². The van der Waals surface area contributed by atoms with Crippen molar-refractivity contribution in [3.8, 4) is 0 Å². The Balaban J connectivity index is 2.53. The van der Waals surface area contributed by atoms with E-state index >= 15 is 0 Å². The van der Waals surface area contributed by atoms with Crippen molar-refractivity contribution < 1.29 is 17.9 Å². The van der Waals surface area contributed by atoms with Gasteiger partial charge in [0.25, 0.3) is 0 Å². The van der Waals surface area contributed by atoms with Gasteiger partial charge in [0.2, 0.25) is 17.8 Å². The van der Waals surface area contributed by atoms with E-state index in [0.29, 0.717) is 18.4 Å². The van der Waals surface area contributed by atoms with Crippen molar-refractivity contribution in [2.45, 2.75) is 13.1 Å². The molecule has 10 heteroatoms. The van der Waals surface area contributed by atoms with Gasteiger partial charge in [0, 0.05) is 27.2 Å². The number of aromatic nitrogens is 3. The number of anilines is 3. The van der Waals surface area contributed by atoms with Crippen LogP contribution in [0, 0.1) is 0 Å².